The van der Waals surface area contributed by atoms with E-state index in [2.05, 4.69) is 23.6 Å². The molecular weight excluding hydrogens is 443 g/mol. The van der Waals surface area contributed by atoms with Crippen LogP contribution >= 0.6 is 23.2 Å². The Labute approximate surface area is 157 Å². The predicted molar refractivity (Wildman–Crippen MR) is 93.6 cm³/mol. The molecule has 0 bridgehead atoms. The highest BCUT2D eigenvalue weighted by molar-refractivity contribution is 7.68. The lowest BCUT2D eigenvalue weighted by molar-refractivity contribution is 0.175. The average molecular weight is 459 g/mol. The van der Waals surface area contributed by atoms with Crippen LogP contribution in [-0.4, -0.2) is 52.0 Å². The van der Waals surface area contributed by atoms with E-state index in [9.17, 15) is 18.6 Å². The SMILES string of the molecule is Nc1ncnc2c1ncn2C/C=C\COCP(=O)(O)OP(=O)(O)OP(=O)(O)O. The van der Waals surface area contributed by atoms with Gasteiger partial charge in [0.05, 0.1) is 12.9 Å². The van der Waals surface area contributed by atoms with Crippen molar-refractivity contribution in [3.05, 3.63) is 24.8 Å². The Balaban J connectivity index is 1.81. The summed E-state index contributed by atoms with van der Waals surface area (Å²) in [6.07, 6.45) is 4.86. The van der Waals surface area contributed by atoms with Crippen LogP contribution in [-0.2, 0) is 33.6 Å². The smallest absolute Gasteiger partial charge is 0.382 e. The van der Waals surface area contributed by atoms with Crippen LogP contribution in [0.1, 0.15) is 0 Å². The molecule has 2 unspecified atom stereocenters. The largest absolute Gasteiger partial charge is 0.488 e. The maximum atomic E-state index is 11.6. The average Bonchev–Trinajstić information content (AvgIpc) is 2.91. The summed E-state index contributed by atoms with van der Waals surface area (Å²) in [6, 6.07) is 0. The van der Waals surface area contributed by atoms with Crippen LogP contribution in [0.5, 0.6) is 0 Å². The second-order valence-corrected chi connectivity index (χ2v) is 9.82. The summed E-state index contributed by atoms with van der Waals surface area (Å²) < 4.78 is 47.1. The number of hydrogen-bond donors (Lipinski definition) is 5. The molecule has 28 heavy (non-hydrogen) atoms. The Bertz CT molecular complexity index is 1000. The Hall–Kier alpha value is -1.50. The molecule has 2 aromatic heterocycles. The highest BCUT2D eigenvalue weighted by Crippen LogP contribution is 2.65. The molecule has 0 radical (unpaired) electrons. The minimum atomic E-state index is -5.46. The Morgan fingerprint density at radius 2 is 1.79 bits per heavy atom. The number of nitrogen functional groups attached to an aromatic ring is 1. The van der Waals surface area contributed by atoms with Crippen LogP contribution in [0.2, 0.25) is 0 Å². The van der Waals surface area contributed by atoms with Crippen molar-refractivity contribution in [2.45, 2.75) is 6.54 Å². The van der Waals surface area contributed by atoms with E-state index in [0.717, 1.165) is 0 Å². The number of fused-ring (bicyclic) bond motifs is 1. The minimum absolute atomic E-state index is 0.174. The van der Waals surface area contributed by atoms with Crippen molar-refractivity contribution in [1.29, 1.82) is 0 Å². The van der Waals surface area contributed by atoms with Gasteiger partial charge in [-0.3, -0.25) is 4.57 Å². The third kappa shape index (κ3) is 7.15. The van der Waals surface area contributed by atoms with E-state index in [1.165, 1.54) is 18.7 Å². The van der Waals surface area contributed by atoms with Crippen LogP contribution in [0.3, 0.4) is 0 Å². The van der Waals surface area contributed by atoms with Gasteiger partial charge >= 0.3 is 23.2 Å². The molecule has 0 aromatic carbocycles. The number of hydrogen-bond acceptors (Lipinski definition) is 10. The fourth-order valence-electron chi connectivity index (χ4n) is 1.86. The first-order valence-corrected chi connectivity index (χ1v) is 11.9. The van der Waals surface area contributed by atoms with Gasteiger partial charge in [0.15, 0.2) is 11.5 Å². The third-order valence-electron chi connectivity index (χ3n) is 2.81. The number of phosphoric acid groups is 2. The maximum absolute atomic E-state index is 11.6. The lowest BCUT2D eigenvalue weighted by Gasteiger charge is -2.16. The van der Waals surface area contributed by atoms with Crippen LogP contribution in [0.4, 0.5) is 5.82 Å². The quantitative estimate of drug-likeness (QED) is 0.183. The summed E-state index contributed by atoms with van der Waals surface area (Å²) >= 11 is 0. The van der Waals surface area contributed by atoms with E-state index in [1.54, 1.807) is 10.6 Å². The fourth-order valence-corrected chi connectivity index (χ4v) is 5.14. The molecule has 2 rings (SSSR count). The molecule has 0 amide bonds. The molecule has 0 aliphatic rings. The molecule has 0 spiro atoms. The molecule has 2 atom stereocenters. The molecule has 0 fully saturated rings. The molecule has 0 aliphatic carbocycles. The number of nitrogens with zero attached hydrogens (tertiary/aromatic N) is 4. The number of ether oxygens (including phenoxy) is 1. The van der Waals surface area contributed by atoms with E-state index < -0.39 is 29.6 Å². The summed E-state index contributed by atoms with van der Waals surface area (Å²) in [5.41, 5.74) is 6.62. The normalized spacial score (nSPS) is 17.0. The Kier molecular flexibility index (Phi) is 7.23. The van der Waals surface area contributed by atoms with E-state index in [-0.39, 0.29) is 12.4 Å². The Morgan fingerprint density at radius 1 is 1.07 bits per heavy atom. The first-order chi connectivity index (χ1) is 12.9. The molecule has 0 saturated heterocycles. The van der Waals surface area contributed by atoms with Crippen molar-refractivity contribution < 1.29 is 46.6 Å². The van der Waals surface area contributed by atoms with E-state index in [4.69, 9.17) is 25.2 Å². The lowest BCUT2D eigenvalue weighted by Crippen LogP contribution is -2.01. The molecule has 6 N–H and O–H groups in total. The van der Waals surface area contributed by atoms with E-state index >= 15 is 0 Å². The summed E-state index contributed by atoms with van der Waals surface area (Å²) in [5, 5.41) is 0. The van der Waals surface area contributed by atoms with Crippen LogP contribution < -0.4 is 5.73 Å². The lowest BCUT2D eigenvalue weighted by atomic mass is 10.4. The van der Waals surface area contributed by atoms with Crippen LogP contribution in [0.25, 0.3) is 11.2 Å². The van der Waals surface area contributed by atoms with E-state index in [1.807, 2.05) is 0 Å². The van der Waals surface area contributed by atoms with E-state index in [0.29, 0.717) is 17.7 Å². The van der Waals surface area contributed by atoms with Gasteiger partial charge in [0.1, 0.15) is 18.2 Å². The van der Waals surface area contributed by atoms with Gasteiger partial charge in [-0.2, -0.15) is 4.31 Å². The molecule has 15 nitrogen and oxygen atoms in total. The van der Waals surface area contributed by atoms with Gasteiger partial charge in [0.2, 0.25) is 0 Å². The monoisotopic (exact) mass is 459 g/mol. The van der Waals surface area contributed by atoms with Gasteiger partial charge in [0.25, 0.3) is 0 Å². The maximum Gasteiger partial charge on any atom is 0.488 e. The Morgan fingerprint density at radius 3 is 2.46 bits per heavy atom. The molecule has 18 heteroatoms. The summed E-state index contributed by atoms with van der Waals surface area (Å²) in [5.74, 6) is 0.235. The zero-order valence-electron chi connectivity index (χ0n) is 13.9. The molecular formula is C10H16N5O10P3. The van der Waals surface area contributed by atoms with Crippen molar-refractivity contribution in [3.63, 3.8) is 0 Å². The van der Waals surface area contributed by atoms with Gasteiger partial charge in [0, 0.05) is 6.54 Å². The number of aromatic nitrogens is 4. The van der Waals surface area contributed by atoms with Crippen molar-refractivity contribution >= 4 is 40.2 Å². The van der Waals surface area contributed by atoms with Crippen molar-refractivity contribution in [1.82, 2.24) is 19.5 Å². The predicted octanol–water partition coefficient (Wildman–Crippen LogP) is 0.350. The third-order valence-corrected chi connectivity index (χ3v) is 6.84. The summed E-state index contributed by atoms with van der Waals surface area (Å²) in [7, 11) is -15.7. The first kappa shape index (κ1) is 22.8. The molecule has 0 aliphatic heterocycles. The standard InChI is InChI=1S/C10H16N5O10P3/c11-9-8-10(13-5-12-9)15(6-14-8)3-1-2-4-23-7-26(16,17)24-28(21,22)25-27(18,19)20/h1-2,5-6H,3-4,7H2,(H,16,17)(H,21,22)(H2,11,12,13)(H2,18,19,20)/b2-1-. The number of nitrogens with two attached hydrogens (primary N) is 1. The van der Waals surface area contributed by atoms with Gasteiger partial charge < -0.3 is 34.6 Å². The number of anilines is 1. The zero-order chi connectivity index (χ0) is 21.0. The van der Waals surface area contributed by atoms with Gasteiger partial charge in [-0.05, 0) is 0 Å². The van der Waals surface area contributed by atoms with Crippen molar-refractivity contribution in [2.24, 2.45) is 0 Å². The van der Waals surface area contributed by atoms with Crippen LogP contribution in [0.15, 0.2) is 24.8 Å². The molecule has 0 saturated carbocycles. The number of rotatable bonds is 10. The van der Waals surface area contributed by atoms with Crippen LogP contribution in [0, 0.1) is 0 Å². The van der Waals surface area contributed by atoms with Gasteiger partial charge in [-0.1, -0.05) is 12.2 Å². The minimum Gasteiger partial charge on any atom is -0.382 e. The number of allylic oxidation sites excluding steroid dienone is 1. The second kappa shape index (κ2) is 8.89. The highest BCUT2D eigenvalue weighted by atomic mass is 31.3. The molecule has 2 heterocycles. The first-order valence-electron chi connectivity index (χ1n) is 7.15. The topological polar surface area (TPSA) is 229 Å². The zero-order valence-corrected chi connectivity index (χ0v) is 16.6. The summed E-state index contributed by atoms with van der Waals surface area (Å²) in [4.78, 5) is 47.2. The highest BCUT2D eigenvalue weighted by Gasteiger charge is 2.39. The molecule has 2 aromatic rings. The van der Waals surface area contributed by atoms with Gasteiger partial charge in [-0.25, -0.2) is 28.4 Å². The second-order valence-electron chi connectivity index (χ2n) is 5.06. The van der Waals surface area contributed by atoms with Crippen molar-refractivity contribution in [2.75, 3.05) is 18.7 Å². The number of imidazole rings is 1. The van der Waals surface area contributed by atoms with Gasteiger partial charge in [-0.15, -0.1) is 0 Å². The van der Waals surface area contributed by atoms with Crippen molar-refractivity contribution in [3.8, 4) is 0 Å². The fraction of sp³-hybridized carbons (Fsp3) is 0.300. The molecule has 156 valence electrons. The summed E-state index contributed by atoms with van der Waals surface area (Å²) in [6.45, 7) is 0.151.